The predicted octanol–water partition coefficient (Wildman–Crippen LogP) is 15.7. The summed E-state index contributed by atoms with van der Waals surface area (Å²) < 4.78 is 0. The first-order chi connectivity index (χ1) is 28.4. The summed E-state index contributed by atoms with van der Waals surface area (Å²) in [5.74, 6) is 0.471. The molecule has 0 saturated carbocycles. The normalized spacial score (nSPS) is 16.8. The summed E-state index contributed by atoms with van der Waals surface area (Å²) in [4.78, 5) is 2.42. The molecule has 0 aromatic heterocycles. The van der Waals surface area contributed by atoms with Crippen LogP contribution in [0.4, 0.5) is 17.1 Å². The van der Waals surface area contributed by atoms with Gasteiger partial charge in [0.25, 0.3) is 0 Å². The van der Waals surface area contributed by atoms with Crippen molar-refractivity contribution in [3.8, 4) is 44.5 Å². The van der Waals surface area contributed by atoms with Crippen molar-refractivity contribution in [3.63, 3.8) is 0 Å². The maximum absolute atomic E-state index is 4.02. The number of rotatable bonds is 10. The molecule has 9 rings (SSSR count). The lowest BCUT2D eigenvalue weighted by molar-refractivity contribution is 0.615. The summed E-state index contributed by atoms with van der Waals surface area (Å²) >= 11 is 0. The Bertz CT molecular complexity index is 2710. The summed E-state index contributed by atoms with van der Waals surface area (Å²) in [7, 11) is 0. The highest BCUT2D eigenvalue weighted by atomic mass is 15.1. The van der Waals surface area contributed by atoms with E-state index in [1.807, 2.05) is 6.08 Å². The fourth-order valence-corrected chi connectivity index (χ4v) is 9.26. The van der Waals surface area contributed by atoms with Crippen LogP contribution in [-0.2, 0) is 5.41 Å². The van der Waals surface area contributed by atoms with Gasteiger partial charge in [0.2, 0.25) is 0 Å². The molecular weight excluding hydrogens is 699 g/mol. The Labute approximate surface area is 344 Å². The molecule has 0 amide bonds. The molecule has 0 heterocycles. The molecule has 58 heavy (non-hydrogen) atoms. The fourth-order valence-electron chi connectivity index (χ4n) is 9.26. The first-order valence-corrected chi connectivity index (χ1v) is 20.6. The van der Waals surface area contributed by atoms with E-state index >= 15 is 0 Å². The van der Waals surface area contributed by atoms with Gasteiger partial charge in [0.15, 0.2) is 0 Å². The van der Waals surface area contributed by atoms with E-state index in [0.29, 0.717) is 5.92 Å². The van der Waals surface area contributed by atoms with Gasteiger partial charge in [-0.15, -0.1) is 0 Å². The molecule has 0 aliphatic heterocycles. The van der Waals surface area contributed by atoms with Crippen molar-refractivity contribution in [1.29, 1.82) is 0 Å². The third kappa shape index (κ3) is 6.67. The average molecular weight is 748 g/mol. The molecule has 1 nitrogen and oxygen atoms in total. The van der Waals surface area contributed by atoms with Crippen molar-refractivity contribution in [2.24, 2.45) is 5.92 Å². The van der Waals surface area contributed by atoms with Crippen LogP contribution in [-0.4, -0.2) is 0 Å². The molecule has 0 fully saturated rings. The van der Waals surface area contributed by atoms with Crippen molar-refractivity contribution in [1.82, 2.24) is 0 Å². The molecule has 0 N–H and O–H groups in total. The molecule has 7 aromatic carbocycles. The van der Waals surface area contributed by atoms with Crippen LogP contribution in [0, 0.1) is 19.8 Å². The zero-order valence-corrected chi connectivity index (χ0v) is 33.7. The second-order valence-corrected chi connectivity index (χ2v) is 15.9. The van der Waals surface area contributed by atoms with Crippen LogP contribution < -0.4 is 4.90 Å². The van der Waals surface area contributed by atoms with Gasteiger partial charge >= 0.3 is 0 Å². The molecule has 7 aromatic rings. The first kappa shape index (κ1) is 36.9. The van der Waals surface area contributed by atoms with Gasteiger partial charge in [0.05, 0.1) is 0 Å². The number of hydrogen-bond acceptors (Lipinski definition) is 1. The van der Waals surface area contributed by atoms with Crippen LogP contribution in [0.3, 0.4) is 0 Å². The Morgan fingerprint density at radius 2 is 1.16 bits per heavy atom. The summed E-state index contributed by atoms with van der Waals surface area (Å²) in [5.41, 5.74) is 19.7. The van der Waals surface area contributed by atoms with Crippen molar-refractivity contribution >= 4 is 17.1 Å². The van der Waals surface area contributed by atoms with E-state index in [-0.39, 0.29) is 5.41 Å². The zero-order chi connectivity index (χ0) is 39.6. The molecule has 2 aliphatic rings. The summed E-state index contributed by atoms with van der Waals surface area (Å²) in [6.07, 6.45) is 15.5. The maximum atomic E-state index is 4.02. The van der Waals surface area contributed by atoms with E-state index in [0.717, 1.165) is 29.9 Å². The zero-order valence-electron chi connectivity index (χ0n) is 33.7. The molecule has 1 heteroatoms. The van der Waals surface area contributed by atoms with Crippen molar-refractivity contribution in [2.45, 2.75) is 39.0 Å². The molecule has 0 radical (unpaired) electrons. The lowest BCUT2D eigenvalue weighted by Crippen LogP contribution is -2.28. The summed E-state index contributed by atoms with van der Waals surface area (Å²) in [5, 5.41) is 0. The monoisotopic (exact) mass is 747 g/mol. The standard InChI is InChI=1S/C57H49N/c1-5-6-14-36-57(47-20-15-16-40(2)37-47)55-23-13-12-22-52(55)53-35-34-50(39-56(53)57)58(48-30-26-44(27-31-48)43-18-8-7-9-19-43)49-32-28-45(29-33-49)46-25-24-42(4)54(38-46)51-21-11-10-17-41(51)3/h5-15,17-35,37-40H,1,16,36H2,2-4H3/b14-6-. The van der Waals surface area contributed by atoms with Gasteiger partial charge in [-0.25, -0.2) is 0 Å². The van der Waals surface area contributed by atoms with Crippen molar-refractivity contribution in [2.75, 3.05) is 4.90 Å². The Balaban J connectivity index is 1.19. The van der Waals surface area contributed by atoms with E-state index < -0.39 is 0 Å². The van der Waals surface area contributed by atoms with Gasteiger partial charge < -0.3 is 4.90 Å². The highest BCUT2D eigenvalue weighted by Gasteiger charge is 2.45. The highest BCUT2D eigenvalue weighted by molar-refractivity contribution is 5.89. The molecule has 0 spiro atoms. The minimum atomic E-state index is -0.334. The SMILES string of the molecule is C=C/C=C\CC1(C2=CC(C)CC=C2)c2ccccc2-c2ccc(N(c3ccc(-c4ccccc4)cc3)c3ccc(-c4ccc(C)c(-c5ccccc5C)c4)cc3)cc21. The summed E-state index contributed by atoms with van der Waals surface area (Å²) in [6, 6.07) is 60.5. The maximum Gasteiger partial charge on any atom is 0.0495 e. The number of allylic oxidation sites excluding steroid dienone is 7. The number of benzene rings is 7. The van der Waals surface area contributed by atoms with Crippen LogP contribution in [0.25, 0.3) is 44.5 Å². The van der Waals surface area contributed by atoms with Crippen molar-refractivity contribution in [3.05, 3.63) is 235 Å². The first-order valence-electron chi connectivity index (χ1n) is 20.6. The molecule has 2 atom stereocenters. The Kier molecular flexibility index (Phi) is 9.98. The van der Waals surface area contributed by atoms with E-state index in [4.69, 9.17) is 0 Å². The molecule has 0 saturated heterocycles. The highest BCUT2D eigenvalue weighted by Crippen LogP contribution is 2.57. The Morgan fingerprint density at radius 1 is 0.569 bits per heavy atom. The number of nitrogens with zero attached hydrogens (tertiary/aromatic N) is 1. The number of fused-ring (bicyclic) bond motifs is 3. The Hall–Kier alpha value is -6.70. The molecule has 282 valence electrons. The smallest absolute Gasteiger partial charge is 0.0495 e. The van der Waals surface area contributed by atoms with Crippen LogP contribution in [0.1, 0.15) is 42.0 Å². The molecule has 0 bridgehead atoms. The molecule has 2 aliphatic carbocycles. The average Bonchev–Trinajstić information content (AvgIpc) is 3.55. The lowest BCUT2D eigenvalue weighted by Gasteiger charge is -2.36. The number of anilines is 3. The van der Waals surface area contributed by atoms with E-state index in [2.05, 4.69) is 226 Å². The second-order valence-electron chi connectivity index (χ2n) is 15.9. The van der Waals surface area contributed by atoms with E-state index in [1.54, 1.807) is 0 Å². The number of aryl methyl sites for hydroxylation is 2. The van der Waals surface area contributed by atoms with Gasteiger partial charge in [-0.1, -0.05) is 171 Å². The van der Waals surface area contributed by atoms with Gasteiger partial charge in [-0.3, -0.25) is 0 Å². The minimum absolute atomic E-state index is 0.334. The van der Waals surface area contributed by atoms with Gasteiger partial charge in [-0.05, 0) is 147 Å². The topological polar surface area (TPSA) is 3.24 Å². The van der Waals surface area contributed by atoms with Gasteiger partial charge in [-0.2, -0.15) is 0 Å². The summed E-state index contributed by atoms with van der Waals surface area (Å²) in [6.45, 7) is 10.8. The second kappa shape index (κ2) is 15.7. The van der Waals surface area contributed by atoms with Gasteiger partial charge in [0.1, 0.15) is 0 Å². The van der Waals surface area contributed by atoms with Gasteiger partial charge in [0, 0.05) is 22.5 Å². The fraction of sp³-hybridized carbons (Fsp3) is 0.123. The van der Waals surface area contributed by atoms with Crippen molar-refractivity contribution < 1.29 is 0 Å². The van der Waals surface area contributed by atoms with E-state index in [9.17, 15) is 0 Å². The minimum Gasteiger partial charge on any atom is -0.310 e. The molecular formula is C57H49N. The number of hydrogen-bond donors (Lipinski definition) is 0. The third-order valence-corrected chi connectivity index (χ3v) is 12.2. The largest absolute Gasteiger partial charge is 0.310 e. The third-order valence-electron chi connectivity index (χ3n) is 12.2. The quantitative estimate of drug-likeness (QED) is 0.126. The van der Waals surface area contributed by atoms with Crippen LogP contribution in [0.15, 0.2) is 212 Å². The van der Waals surface area contributed by atoms with Crippen LogP contribution in [0.2, 0.25) is 0 Å². The molecule has 2 unspecified atom stereocenters. The van der Waals surface area contributed by atoms with Crippen LogP contribution in [0.5, 0.6) is 0 Å². The lowest BCUT2D eigenvalue weighted by atomic mass is 9.67. The van der Waals surface area contributed by atoms with E-state index in [1.165, 1.54) is 72.3 Å². The Morgan fingerprint density at radius 3 is 1.86 bits per heavy atom. The van der Waals surface area contributed by atoms with Crippen LogP contribution >= 0.6 is 0 Å². The predicted molar refractivity (Wildman–Crippen MR) is 248 cm³/mol.